The number of aromatic nitrogens is 4. The lowest BCUT2D eigenvalue weighted by atomic mass is 10.0. The average Bonchev–Trinajstić information content (AvgIpc) is 3.97. The molecule has 2 heterocycles. The lowest BCUT2D eigenvalue weighted by Gasteiger charge is -2.36. The van der Waals surface area contributed by atoms with Crippen molar-refractivity contribution in [1.82, 2.24) is 28.6 Å². The van der Waals surface area contributed by atoms with Crippen LogP contribution in [0.5, 0.6) is 11.5 Å². The zero-order valence-corrected chi connectivity index (χ0v) is 40.7. The molecular weight excluding hydrogens is 919 g/mol. The van der Waals surface area contributed by atoms with Crippen molar-refractivity contribution in [2.24, 2.45) is 0 Å². The highest BCUT2D eigenvalue weighted by molar-refractivity contribution is 7.90. The molecule has 0 saturated heterocycles. The van der Waals surface area contributed by atoms with Gasteiger partial charge in [0, 0.05) is 17.3 Å². The summed E-state index contributed by atoms with van der Waals surface area (Å²) in [5, 5.41) is 8.79. The fourth-order valence-corrected chi connectivity index (χ4v) is 11.8. The second-order valence-corrected chi connectivity index (χ2v) is 21.9. The summed E-state index contributed by atoms with van der Waals surface area (Å²) in [6, 6.07) is 40.1. The van der Waals surface area contributed by atoms with Crippen molar-refractivity contribution in [3.8, 4) is 22.9 Å². The Hall–Kier alpha value is -6.46. The summed E-state index contributed by atoms with van der Waals surface area (Å²) in [7, 11) is -8.07. The van der Waals surface area contributed by atoms with Crippen molar-refractivity contribution in [2.45, 2.75) is 88.7 Å². The van der Waals surface area contributed by atoms with Gasteiger partial charge in [-0.25, -0.2) is 39.7 Å². The van der Waals surface area contributed by atoms with Crippen LogP contribution in [-0.4, -0.2) is 69.8 Å². The Morgan fingerprint density at radius 1 is 0.594 bits per heavy atom. The summed E-state index contributed by atoms with van der Waals surface area (Å²) in [4.78, 5) is 0. The molecule has 16 heteroatoms. The van der Waals surface area contributed by atoms with Gasteiger partial charge in [0.1, 0.15) is 35.3 Å². The van der Waals surface area contributed by atoms with E-state index in [1.165, 1.54) is 28.6 Å². The number of hydrogen-bond donors (Lipinski definition) is 1. The molecule has 360 valence electrons. The molecule has 0 fully saturated rings. The van der Waals surface area contributed by atoms with Gasteiger partial charge in [-0.05, 0) is 137 Å². The van der Waals surface area contributed by atoms with Crippen LogP contribution >= 0.6 is 0 Å². The Morgan fingerprint density at radius 3 is 1.54 bits per heavy atom. The normalized spacial score (nSPS) is 14.9. The van der Waals surface area contributed by atoms with Crippen molar-refractivity contribution >= 4 is 41.9 Å². The second kappa shape index (κ2) is 21.0. The van der Waals surface area contributed by atoms with Gasteiger partial charge >= 0.3 is 0 Å². The number of fused-ring (bicyclic) bond motifs is 2. The molecule has 0 saturated carbocycles. The molecule has 2 aromatic heterocycles. The first-order valence-corrected chi connectivity index (χ1v) is 26.1. The number of benzene rings is 6. The van der Waals surface area contributed by atoms with Gasteiger partial charge in [0.05, 0.1) is 57.4 Å². The van der Waals surface area contributed by atoms with Gasteiger partial charge < -0.3 is 9.47 Å². The zero-order chi connectivity index (χ0) is 48.9. The topological polar surface area (TPSA) is 138 Å². The molecule has 0 aliphatic heterocycles. The third kappa shape index (κ3) is 11.0. The van der Waals surface area contributed by atoms with Crippen LogP contribution in [0.25, 0.3) is 33.2 Å². The van der Waals surface area contributed by atoms with E-state index in [0.717, 1.165) is 32.9 Å². The van der Waals surface area contributed by atoms with Gasteiger partial charge in [0.15, 0.2) is 0 Å². The van der Waals surface area contributed by atoms with Crippen LogP contribution in [0.1, 0.15) is 77.2 Å². The number of sulfonamides is 2. The van der Waals surface area contributed by atoms with E-state index in [0.29, 0.717) is 35.7 Å². The molecule has 6 aromatic carbocycles. The summed E-state index contributed by atoms with van der Waals surface area (Å²) in [6.45, 7) is 8.63. The fraction of sp³-hybridized carbons (Fsp3) is 0.283. The zero-order valence-electron chi connectivity index (χ0n) is 39.1. The maximum absolute atomic E-state index is 14.6. The standard InChI is InChI=1S/C53H56F2N6O6S2/c1-6-13-37(3)69(64,65)59(39(5)53(41-16-11-8-12-17-41)67-49-27-29-51-43(33-49)35-57-61(51)47-24-20-45(55)21-25-47)31-30-36(2)68(62,63)58-38(4)52(40-14-9-7-10-15-40)66-48-26-28-50-42(32-48)34-56-60(50)46-22-18-44(54)19-23-46/h7-12,14-29,32-39,52-53,58H,6,13,30-31H2,1-5H3. The third-order valence-electron chi connectivity index (χ3n) is 12.5. The first-order chi connectivity index (χ1) is 33.1. The molecule has 0 amide bonds. The van der Waals surface area contributed by atoms with Crippen molar-refractivity contribution < 1.29 is 35.1 Å². The van der Waals surface area contributed by atoms with Crippen LogP contribution in [0, 0.1) is 11.6 Å². The summed E-state index contributed by atoms with van der Waals surface area (Å²) >= 11 is 0. The largest absolute Gasteiger partial charge is 0.484 e. The second-order valence-electron chi connectivity index (χ2n) is 17.5. The van der Waals surface area contributed by atoms with Crippen LogP contribution < -0.4 is 14.2 Å². The molecule has 0 radical (unpaired) electrons. The first-order valence-electron chi connectivity index (χ1n) is 23.1. The minimum Gasteiger partial charge on any atom is -0.484 e. The maximum Gasteiger partial charge on any atom is 0.217 e. The van der Waals surface area contributed by atoms with Crippen LogP contribution in [0.4, 0.5) is 8.78 Å². The summed E-state index contributed by atoms with van der Waals surface area (Å²) in [5.41, 5.74) is 4.40. The molecule has 0 spiro atoms. The molecule has 12 nitrogen and oxygen atoms in total. The van der Waals surface area contributed by atoms with E-state index in [4.69, 9.17) is 9.47 Å². The highest BCUT2D eigenvalue weighted by atomic mass is 32.2. The molecule has 0 aliphatic rings. The molecule has 6 atom stereocenters. The minimum atomic E-state index is -4.08. The molecule has 8 aromatic rings. The molecule has 69 heavy (non-hydrogen) atoms. The predicted octanol–water partition coefficient (Wildman–Crippen LogP) is 10.9. The maximum atomic E-state index is 14.6. The van der Waals surface area contributed by atoms with E-state index in [-0.39, 0.29) is 24.6 Å². The van der Waals surface area contributed by atoms with Crippen molar-refractivity contribution in [3.63, 3.8) is 0 Å². The van der Waals surface area contributed by atoms with Gasteiger partial charge in [-0.1, -0.05) is 74.0 Å². The monoisotopic (exact) mass is 974 g/mol. The van der Waals surface area contributed by atoms with Gasteiger partial charge in [-0.3, -0.25) is 0 Å². The fourth-order valence-electron chi connectivity index (χ4n) is 8.63. The molecule has 0 bridgehead atoms. The Morgan fingerprint density at radius 2 is 1.06 bits per heavy atom. The Balaban J connectivity index is 1.02. The first kappa shape index (κ1) is 49.0. The molecule has 0 aliphatic carbocycles. The summed E-state index contributed by atoms with van der Waals surface area (Å²) in [5.74, 6) is 0.264. The summed E-state index contributed by atoms with van der Waals surface area (Å²) in [6.07, 6.45) is 2.84. The number of rotatable bonds is 21. The number of halogens is 2. The number of nitrogens with one attached hydrogen (secondary N) is 1. The average molecular weight is 975 g/mol. The van der Waals surface area contributed by atoms with Crippen molar-refractivity contribution in [1.29, 1.82) is 0 Å². The predicted molar refractivity (Wildman–Crippen MR) is 267 cm³/mol. The Kier molecular flexibility index (Phi) is 14.9. The lowest BCUT2D eigenvalue weighted by Crippen LogP contribution is -2.49. The third-order valence-corrected chi connectivity index (χ3v) is 16.9. The van der Waals surface area contributed by atoms with Crippen LogP contribution in [0.3, 0.4) is 0 Å². The number of hydrogen-bond acceptors (Lipinski definition) is 8. The van der Waals surface area contributed by atoms with Gasteiger partial charge in [-0.2, -0.15) is 14.5 Å². The summed E-state index contributed by atoms with van der Waals surface area (Å²) < 4.78 is 106. The molecule has 1 N–H and O–H groups in total. The van der Waals surface area contributed by atoms with E-state index >= 15 is 0 Å². The Bertz CT molecular complexity index is 3210. The highest BCUT2D eigenvalue weighted by Crippen LogP contribution is 2.34. The molecule has 6 unspecified atom stereocenters. The van der Waals surface area contributed by atoms with Crippen molar-refractivity contribution in [2.75, 3.05) is 6.54 Å². The van der Waals surface area contributed by atoms with E-state index in [9.17, 15) is 25.6 Å². The van der Waals surface area contributed by atoms with E-state index in [1.54, 1.807) is 85.9 Å². The van der Waals surface area contributed by atoms with Crippen LogP contribution in [-0.2, 0) is 20.0 Å². The molecule has 8 rings (SSSR count). The van der Waals surface area contributed by atoms with Crippen molar-refractivity contribution in [3.05, 3.63) is 181 Å². The van der Waals surface area contributed by atoms with Gasteiger partial charge in [0.25, 0.3) is 0 Å². The van der Waals surface area contributed by atoms with E-state index in [2.05, 4.69) is 14.9 Å². The minimum absolute atomic E-state index is 0.0217. The van der Waals surface area contributed by atoms with Crippen LogP contribution in [0.15, 0.2) is 158 Å². The quantitative estimate of drug-likeness (QED) is 0.0751. The number of nitrogens with zero attached hydrogens (tertiary/aromatic N) is 5. The van der Waals surface area contributed by atoms with E-state index < -0.39 is 54.8 Å². The number of ether oxygens (including phenoxy) is 2. The van der Waals surface area contributed by atoms with Crippen LogP contribution in [0.2, 0.25) is 0 Å². The Labute approximate surface area is 402 Å². The smallest absolute Gasteiger partial charge is 0.217 e. The van der Waals surface area contributed by atoms with Gasteiger partial charge in [0.2, 0.25) is 20.0 Å². The highest BCUT2D eigenvalue weighted by Gasteiger charge is 2.39. The lowest BCUT2D eigenvalue weighted by molar-refractivity contribution is 0.120. The van der Waals surface area contributed by atoms with E-state index in [1.807, 2.05) is 91.9 Å². The molecular formula is C53H56F2N6O6S2. The SMILES string of the molecule is CCCC(C)S(=O)(=O)N(CCC(C)S(=O)(=O)NC(C)C(Oc1ccc2c(cnn2-c2ccc(F)cc2)c1)c1ccccc1)C(C)C(Oc1ccc2c(cnn2-c2ccc(F)cc2)c1)c1ccccc1. The van der Waals surface area contributed by atoms with Gasteiger partial charge in [-0.15, -0.1) is 0 Å².